The summed E-state index contributed by atoms with van der Waals surface area (Å²) >= 11 is 0. The van der Waals surface area contributed by atoms with E-state index < -0.39 is 0 Å². The van der Waals surface area contributed by atoms with Gasteiger partial charge in [0.1, 0.15) is 18.2 Å². The first-order valence-corrected chi connectivity index (χ1v) is 8.20. The minimum Gasteiger partial charge on any atom is -0.374 e. The number of rotatable bonds is 7. The van der Waals surface area contributed by atoms with Crippen molar-refractivity contribution in [1.29, 1.82) is 0 Å². The SMILES string of the molecule is CCCNc1cc(N2CCCCC2C)nc(COCC)n1. The second-order valence-corrected chi connectivity index (χ2v) is 5.63. The molecule has 1 atom stereocenters. The summed E-state index contributed by atoms with van der Waals surface area (Å²) in [5.74, 6) is 2.71. The fraction of sp³-hybridized carbons (Fsp3) is 0.750. The number of nitrogens with zero attached hydrogens (tertiary/aromatic N) is 3. The van der Waals surface area contributed by atoms with E-state index in [1.807, 2.05) is 6.92 Å². The summed E-state index contributed by atoms with van der Waals surface area (Å²) in [6, 6.07) is 2.63. The molecule has 1 fully saturated rings. The Kier molecular flexibility index (Phi) is 6.23. The standard InChI is InChI=1S/C16H28N4O/c1-4-9-17-14-11-16(19-15(18-14)12-21-5-2)20-10-7-6-8-13(20)3/h11,13H,4-10,12H2,1-3H3,(H,17,18,19). The van der Waals surface area contributed by atoms with Gasteiger partial charge in [-0.2, -0.15) is 0 Å². The van der Waals surface area contributed by atoms with Gasteiger partial charge >= 0.3 is 0 Å². The van der Waals surface area contributed by atoms with E-state index in [2.05, 4.69) is 35.1 Å². The van der Waals surface area contributed by atoms with Gasteiger partial charge in [-0.25, -0.2) is 9.97 Å². The molecular weight excluding hydrogens is 264 g/mol. The summed E-state index contributed by atoms with van der Waals surface area (Å²) in [5, 5.41) is 3.37. The fourth-order valence-corrected chi connectivity index (χ4v) is 2.67. The van der Waals surface area contributed by atoms with Gasteiger partial charge in [-0.1, -0.05) is 6.92 Å². The Hall–Kier alpha value is -1.36. The van der Waals surface area contributed by atoms with Gasteiger partial charge in [0, 0.05) is 31.8 Å². The predicted molar refractivity (Wildman–Crippen MR) is 86.8 cm³/mol. The highest BCUT2D eigenvalue weighted by Gasteiger charge is 2.20. The number of aromatic nitrogens is 2. The molecule has 1 aliphatic heterocycles. The molecule has 5 nitrogen and oxygen atoms in total. The Balaban J connectivity index is 2.20. The average molecular weight is 292 g/mol. The number of anilines is 2. The zero-order valence-corrected chi connectivity index (χ0v) is 13.6. The van der Waals surface area contributed by atoms with E-state index in [1.54, 1.807) is 0 Å². The van der Waals surface area contributed by atoms with E-state index in [1.165, 1.54) is 19.3 Å². The molecule has 0 radical (unpaired) electrons. The van der Waals surface area contributed by atoms with Crippen molar-refractivity contribution in [3.63, 3.8) is 0 Å². The summed E-state index contributed by atoms with van der Waals surface area (Å²) in [6.45, 7) is 9.61. The number of nitrogens with one attached hydrogen (secondary N) is 1. The molecule has 0 amide bonds. The van der Waals surface area contributed by atoms with Crippen LogP contribution in [0.3, 0.4) is 0 Å². The third kappa shape index (κ3) is 4.56. The first-order valence-electron chi connectivity index (χ1n) is 8.20. The lowest BCUT2D eigenvalue weighted by Crippen LogP contribution is -2.38. The summed E-state index contributed by atoms with van der Waals surface area (Å²) in [5.41, 5.74) is 0. The van der Waals surface area contributed by atoms with Gasteiger partial charge in [0.15, 0.2) is 5.82 Å². The van der Waals surface area contributed by atoms with Crippen LogP contribution >= 0.6 is 0 Å². The van der Waals surface area contributed by atoms with Gasteiger partial charge < -0.3 is 15.0 Å². The molecule has 2 heterocycles. The third-order valence-corrected chi connectivity index (χ3v) is 3.85. The smallest absolute Gasteiger partial charge is 0.158 e. The highest BCUT2D eigenvalue weighted by atomic mass is 16.5. The van der Waals surface area contributed by atoms with Crippen LogP contribution in [0.2, 0.25) is 0 Å². The third-order valence-electron chi connectivity index (χ3n) is 3.85. The second-order valence-electron chi connectivity index (χ2n) is 5.63. The monoisotopic (exact) mass is 292 g/mol. The molecule has 0 saturated carbocycles. The lowest BCUT2D eigenvalue weighted by atomic mass is 10.0. The molecule has 1 unspecified atom stereocenters. The minimum absolute atomic E-state index is 0.480. The van der Waals surface area contributed by atoms with Crippen LogP contribution in [0.1, 0.15) is 52.3 Å². The number of ether oxygens (including phenoxy) is 1. The normalized spacial score (nSPS) is 18.8. The van der Waals surface area contributed by atoms with E-state index in [4.69, 9.17) is 9.72 Å². The number of piperidine rings is 1. The molecule has 0 aromatic carbocycles. The van der Waals surface area contributed by atoms with Crippen molar-refractivity contribution in [2.75, 3.05) is 29.9 Å². The van der Waals surface area contributed by atoms with Crippen molar-refractivity contribution in [3.8, 4) is 0 Å². The Bertz CT molecular complexity index is 412. The molecule has 1 aromatic heterocycles. The number of hydrogen-bond donors (Lipinski definition) is 1. The minimum atomic E-state index is 0.480. The Morgan fingerprint density at radius 3 is 2.90 bits per heavy atom. The van der Waals surface area contributed by atoms with E-state index >= 15 is 0 Å². The predicted octanol–water partition coefficient (Wildman–Crippen LogP) is 3.21. The van der Waals surface area contributed by atoms with Crippen molar-refractivity contribution >= 4 is 11.6 Å². The van der Waals surface area contributed by atoms with Crippen LogP contribution in [-0.2, 0) is 11.3 Å². The van der Waals surface area contributed by atoms with Crippen LogP contribution in [0.15, 0.2) is 6.07 Å². The second kappa shape index (κ2) is 8.17. The largest absolute Gasteiger partial charge is 0.374 e. The highest BCUT2D eigenvalue weighted by Crippen LogP contribution is 2.24. The summed E-state index contributed by atoms with van der Waals surface area (Å²) in [6.07, 6.45) is 4.88. The van der Waals surface area contributed by atoms with Crippen LogP contribution in [0.25, 0.3) is 0 Å². The Morgan fingerprint density at radius 1 is 1.33 bits per heavy atom. The van der Waals surface area contributed by atoms with E-state index in [0.717, 1.165) is 37.0 Å². The molecule has 0 bridgehead atoms. The molecule has 1 saturated heterocycles. The maximum Gasteiger partial charge on any atom is 0.158 e. The quantitative estimate of drug-likeness (QED) is 0.836. The van der Waals surface area contributed by atoms with Gasteiger partial charge in [-0.15, -0.1) is 0 Å². The zero-order valence-electron chi connectivity index (χ0n) is 13.6. The van der Waals surface area contributed by atoms with Gasteiger partial charge in [-0.3, -0.25) is 0 Å². The summed E-state index contributed by atoms with van der Waals surface area (Å²) in [4.78, 5) is 11.7. The van der Waals surface area contributed by atoms with Crippen molar-refractivity contribution in [2.24, 2.45) is 0 Å². The molecule has 2 rings (SSSR count). The van der Waals surface area contributed by atoms with Gasteiger partial charge in [0.2, 0.25) is 0 Å². The molecular formula is C16H28N4O. The average Bonchev–Trinajstić information content (AvgIpc) is 2.51. The molecule has 118 valence electrons. The first kappa shape index (κ1) is 16.0. The van der Waals surface area contributed by atoms with Crippen LogP contribution in [0, 0.1) is 0 Å². The molecule has 1 N–H and O–H groups in total. The van der Waals surface area contributed by atoms with E-state index in [9.17, 15) is 0 Å². The van der Waals surface area contributed by atoms with Gasteiger partial charge in [0.25, 0.3) is 0 Å². The lowest BCUT2D eigenvalue weighted by molar-refractivity contribution is 0.128. The maximum absolute atomic E-state index is 5.48. The van der Waals surface area contributed by atoms with Crippen molar-refractivity contribution in [3.05, 3.63) is 11.9 Å². The maximum atomic E-state index is 5.48. The topological polar surface area (TPSA) is 50.3 Å². The molecule has 21 heavy (non-hydrogen) atoms. The van der Waals surface area contributed by atoms with Crippen LogP contribution in [-0.4, -0.2) is 35.7 Å². The van der Waals surface area contributed by atoms with Crippen molar-refractivity contribution < 1.29 is 4.74 Å². The Labute approximate surface area is 128 Å². The summed E-state index contributed by atoms with van der Waals surface area (Å²) in [7, 11) is 0. The summed E-state index contributed by atoms with van der Waals surface area (Å²) < 4.78 is 5.48. The van der Waals surface area contributed by atoms with E-state index in [-0.39, 0.29) is 0 Å². The zero-order chi connectivity index (χ0) is 15.1. The highest BCUT2D eigenvalue weighted by molar-refractivity contribution is 5.50. The lowest BCUT2D eigenvalue weighted by Gasteiger charge is -2.34. The van der Waals surface area contributed by atoms with E-state index in [0.29, 0.717) is 19.3 Å². The Morgan fingerprint density at radius 2 is 2.19 bits per heavy atom. The van der Waals surface area contributed by atoms with Gasteiger partial charge in [0.05, 0.1) is 0 Å². The molecule has 1 aliphatic rings. The fourth-order valence-electron chi connectivity index (χ4n) is 2.67. The van der Waals surface area contributed by atoms with Crippen LogP contribution in [0.5, 0.6) is 0 Å². The molecule has 5 heteroatoms. The van der Waals surface area contributed by atoms with Crippen molar-refractivity contribution in [1.82, 2.24) is 9.97 Å². The molecule has 0 spiro atoms. The first-order chi connectivity index (χ1) is 10.2. The van der Waals surface area contributed by atoms with Crippen molar-refractivity contribution in [2.45, 2.75) is 59.1 Å². The molecule has 0 aliphatic carbocycles. The van der Waals surface area contributed by atoms with Crippen LogP contribution in [0.4, 0.5) is 11.6 Å². The van der Waals surface area contributed by atoms with Crippen LogP contribution < -0.4 is 10.2 Å². The number of hydrogen-bond acceptors (Lipinski definition) is 5. The van der Waals surface area contributed by atoms with Gasteiger partial charge in [-0.05, 0) is 39.5 Å². The molecule has 1 aromatic rings.